The van der Waals surface area contributed by atoms with E-state index in [1.54, 1.807) is 0 Å². The number of allylic oxidation sites excluding steroid dienone is 1. The lowest BCUT2D eigenvalue weighted by Crippen LogP contribution is -2.39. The van der Waals surface area contributed by atoms with E-state index in [9.17, 15) is 4.79 Å². The number of carbonyl (C=O) groups excluding carboxylic acids is 1. The van der Waals surface area contributed by atoms with Crippen molar-refractivity contribution in [2.75, 3.05) is 13.1 Å². The minimum absolute atomic E-state index is 0.219. The van der Waals surface area contributed by atoms with Gasteiger partial charge < -0.3 is 15.8 Å². The van der Waals surface area contributed by atoms with Crippen LogP contribution in [0.3, 0.4) is 0 Å². The Hall–Kier alpha value is -1.89. The Labute approximate surface area is 180 Å². The molecule has 1 aromatic carbocycles. The van der Waals surface area contributed by atoms with Crippen molar-refractivity contribution in [2.45, 2.75) is 75.9 Å². The van der Waals surface area contributed by atoms with E-state index in [4.69, 9.17) is 20.2 Å². The summed E-state index contributed by atoms with van der Waals surface area (Å²) >= 11 is 0. The van der Waals surface area contributed by atoms with Crippen LogP contribution in [0.2, 0.25) is 0 Å². The van der Waals surface area contributed by atoms with Crippen molar-refractivity contribution >= 4 is 6.09 Å². The second-order valence-corrected chi connectivity index (χ2v) is 8.94. The molecule has 2 aliphatic rings. The second kappa shape index (κ2) is 9.94. The van der Waals surface area contributed by atoms with E-state index in [2.05, 4.69) is 37.9 Å². The second-order valence-electron chi connectivity index (χ2n) is 8.94. The van der Waals surface area contributed by atoms with Gasteiger partial charge in [0.25, 0.3) is 0 Å². The Morgan fingerprint density at radius 3 is 2.83 bits per heavy atom. The summed E-state index contributed by atoms with van der Waals surface area (Å²) in [7, 11) is 0. The van der Waals surface area contributed by atoms with Gasteiger partial charge in [0.1, 0.15) is 17.0 Å². The van der Waals surface area contributed by atoms with Gasteiger partial charge in [-0.15, -0.1) is 6.58 Å². The van der Waals surface area contributed by atoms with E-state index in [1.807, 2.05) is 18.2 Å². The molecule has 6 nitrogen and oxygen atoms in total. The highest BCUT2D eigenvalue weighted by Crippen LogP contribution is 2.52. The minimum Gasteiger partial charge on any atom is -0.410 e. The number of ether oxygens (including phenoxy) is 1. The predicted molar refractivity (Wildman–Crippen MR) is 117 cm³/mol. The van der Waals surface area contributed by atoms with Crippen LogP contribution >= 0.6 is 0 Å². The number of nitrogens with two attached hydrogens (primary N) is 1. The number of amides is 1. The van der Waals surface area contributed by atoms with Crippen LogP contribution in [0.4, 0.5) is 4.79 Å². The molecule has 30 heavy (non-hydrogen) atoms. The lowest BCUT2D eigenvalue weighted by molar-refractivity contribution is -0.359. The Balaban J connectivity index is 1.63. The summed E-state index contributed by atoms with van der Waals surface area (Å²) < 4.78 is 5.28. The molecule has 1 heterocycles. The van der Waals surface area contributed by atoms with Gasteiger partial charge in [-0.05, 0) is 68.6 Å². The molecule has 1 aliphatic heterocycles. The van der Waals surface area contributed by atoms with Gasteiger partial charge in [0.05, 0.1) is 0 Å². The summed E-state index contributed by atoms with van der Waals surface area (Å²) in [5.74, 6) is 1.35. The van der Waals surface area contributed by atoms with Gasteiger partial charge in [-0.3, -0.25) is 0 Å². The topological polar surface area (TPSA) is 82.8 Å². The monoisotopic (exact) mass is 416 g/mol. The third kappa shape index (κ3) is 5.23. The fourth-order valence-electron chi connectivity index (χ4n) is 5.11. The van der Waals surface area contributed by atoms with Crippen molar-refractivity contribution in [1.82, 2.24) is 5.32 Å². The summed E-state index contributed by atoms with van der Waals surface area (Å²) in [6, 6.07) is 7.81. The molecule has 1 saturated carbocycles. The van der Waals surface area contributed by atoms with Gasteiger partial charge in [-0.1, -0.05) is 31.6 Å². The van der Waals surface area contributed by atoms with Crippen LogP contribution in [0.25, 0.3) is 0 Å². The first kappa shape index (κ1) is 22.8. The maximum Gasteiger partial charge on any atom is 0.412 e. The highest BCUT2D eigenvalue weighted by Gasteiger charge is 2.53. The normalized spacial score (nSPS) is 29.5. The fourth-order valence-corrected chi connectivity index (χ4v) is 5.11. The molecule has 0 bridgehead atoms. The number of hydrogen-bond acceptors (Lipinski definition) is 5. The summed E-state index contributed by atoms with van der Waals surface area (Å²) in [5, 5.41) is 2.60. The zero-order valence-electron chi connectivity index (χ0n) is 18.3. The third-order valence-corrected chi connectivity index (χ3v) is 6.67. The largest absolute Gasteiger partial charge is 0.412 e. The molecular formula is C24H36N2O4. The van der Waals surface area contributed by atoms with Crippen LogP contribution in [0.15, 0.2) is 36.9 Å². The zero-order chi connectivity index (χ0) is 21.6. The molecule has 2 unspecified atom stereocenters. The number of benzene rings is 1. The summed E-state index contributed by atoms with van der Waals surface area (Å²) in [6.07, 6.45) is 8.64. The molecule has 166 valence electrons. The smallest absolute Gasteiger partial charge is 0.410 e. The van der Waals surface area contributed by atoms with Crippen molar-refractivity contribution in [1.29, 1.82) is 0 Å². The molecule has 3 N–H and O–H groups in total. The summed E-state index contributed by atoms with van der Waals surface area (Å²) in [6.45, 7) is 9.08. The molecule has 0 radical (unpaired) electrons. The molecule has 0 aromatic heterocycles. The lowest BCUT2D eigenvalue weighted by Gasteiger charge is -2.37. The van der Waals surface area contributed by atoms with Gasteiger partial charge in [0.2, 0.25) is 0 Å². The van der Waals surface area contributed by atoms with E-state index in [0.717, 1.165) is 44.9 Å². The average molecular weight is 417 g/mol. The Bertz CT molecular complexity index is 722. The van der Waals surface area contributed by atoms with Crippen molar-refractivity contribution in [2.24, 2.45) is 11.7 Å². The van der Waals surface area contributed by atoms with Crippen LogP contribution in [-0.4, -0.2) is 30.4 Å². The first-order chi connectivity index (χ1) is 14.4. The Morgan fingerprint density at radius 2 is 2.17 bits per heavy atom. The maximum absolute atomic E-state index is 11.7. The maximum atomic E-state index is 11.7. The van der Waals surface area contributed by atoms with Crippen LogP contribution in [0, 0.1) is 5.92 Å². The molecule has 1 saturated heterocycles. The summed E-state index contributed by atoms with van der Waals surface area (Å²) in [4.78, 5) is 23.8. The van der Waals surface area contributed by atoms with Crippen molar-refractivity contribution < 1.29 is 19.3 Å². The quantitative estimate of drug-likeness (QED) is 0.468. The number of nitrogens with one attached hydrogen (secondary N) is 1. The predicted octanol–water partition coefficient (Wildman–Crippen LogP) is 4.84. The molecule has 4 atom stereocenters. The van der Waals surface area contributed by atoms with Crippen molar-refractivity contribution in [3.8, 4) is 5.75 Å². The SMILES string of the molecule is C=CCC(CC)[C@]1(C)C[C@]2(CCCC(c3ccc(OC(=O)NCCN)cc3)C2)OO1. The molecular weight excluding hydrogens is 380 g/mol. The van der Waals surface area contributed by atoms with E-state index in [0.29, 0.717) is 30.7 Å². The summed E-state index contributed by atoms with van der Waals surface area (Å²) in [5.41, 5.74) is 6.15. The number of rotatable bonds is 8. The highest BCUT2D eigenvalue weighted by molar-refractivity contribution is 5.70. The van der Waals surface area contributed by atoms with E-state index in [1.165, 1.54) is 5.56 Å². The molecule has 1 spiro atoms. The minimum atomic E-state index is -0.481. The van der Waals surface area contributed by atoms with Crippen LogP contribution < -0.4 is 15.8 Å². The van der Waals surface area contributed by atoms with Crippen molar-refractivity contribution in [3.63, 3.8) is 0 Å². The third-order valence-electron chi connectivity index (χ3n) is 6.67. The van der Waals surface area contributed by atoms with Gasteiger partial charge >= 0.3 is 6.09 Å². The van der Waals surface area contributed by atoms with Crippen molar-refractivity contribution in [3.05, 3.63) is 42.5 Å². The van der Waals surface area contributed by atoms with Crippen LogP contribution in [-0.2, 0) is 9.78 Å². The molecule has 6 heteroatoms. The first-order valence-corrected chi connectivity index (χ1v) is 11.2. The van der Waals surface area contributed by atoms with Gasteiger partial charge in [-0.25, -0.2) is 14.6 Å². The molecule has 1 aliphatic carbocycles. The fraction of sp³-hybridized carbons (Fsp3) is 0.625. The standard InChI is InChI=1S/C24H36N2O4/c1-4-7-20(5-2)23(3)17-24(30-29-23)13-6-8-19(16-24)18-9-11-21(12-10-18)28-22(27)26-15-14-25/h4,9-12,19-20H,1,5-8,13-17,25H2,2-3H3,(H,26,27)/t19?,20?,23-,24+/m0/s1. The van der Waals surface area contributed by atoms with E-state index < -0.39 is 6.09 Å². The molecule has 2 fully saturated rings. The van der Waals surface area contributed by atoms with Gasteiger partial charge in [-0.2, -0.15) is 0 Å². The number of carbonyl (C=O) groups is 1. The number of hydrogen-bond donors (Lipinski definition) is 2. The highest BCUT2D eigenvalue weighted by atomic mass is 17.2. The molecule has 1 amide bonds. The zero-order valence-corrected chi connectivity index (χ0v) is 18.3. The Kier molecular flexibility index (Phi) is 7.55. The first-order valence-electron chi connectivity index (χ1n) is 11.2. The van der Waals surface area contributed by atoms with E-state index in [-0.39, 0.29) is 11.2 Å². The van der Waals surface area contributed by atoms with Gasteiger partial charge in [0, 0.05) is 19.5 Å². The van der Waals surface area contributed by atoms with E-state index >= 15 is 0 Å². The molecule has 3 rings (SSSR count). The van der Waals surface area contributed by atoms with Gasteiger partial charge in [0.15, 0.2) is 0 Å². The Morgan fingerprint density at radius 1 is 1.40 bits per heavy atom. The molecule has 1 aromatic rings. The lowest BCUT2D eigenvalue weighted by atomic mass is 9.69. The average Bonchev–Trinajstić information content (AvgIpc) is 3.07. The van der Waals surface area contributed by atoms with Crippen LogP contribution in [0.1, 0.15) is 70.3 Å². The van der Waals surface area contributed by atoms with Crippen LogP contribution in [0.5, 0.6) is 5.75 Å².